The second-order valence-corrected chi connectivity index (χ2v) is 8.28. The van der Waals surface area contributed by atoms with Crippen molar-refractivity contribution in [3.8, 4) is 10.6 Å². The summed E-state index contributed by atoms with van der Waals surface area (Å²) in [6, 6.07) is 4.38. The molecule has 0 bridgehead atoms. The number of aromatic nitrogens is 3. The topological polar surface area (TPSA) is 50.5 Å². The van der Waals surface area contributed by atoms with Crippen LogP contribution in [0.25, 0.3) is 16.2 Å². The molecule has 0 N–H and O–H groups in total. The van der Waals surface area contributed by atoms with Gasteiger partial charge in [0, 0.05) is 12.6 Å². The van der Waals surface area contributed by atoms with Crippen molar-refractivity contribution in [3.05, 3.63) is 40.0 Å². The third kappa shape index (κ3) is 3.61. The van der Waals surface area contributed by atoms with E-state index in [9.17, 15) is 18.0 Å². The van der Waals surface area contributed by atoms with E-state index >= 15 is 0 Å². The minimum absolute atomic E-state index is 0.0360. The van der Waals surface area contributed by atoms with Crippen LogP contribution < -0.4 is 0 Å². The summed E-state index contributed by atoms with van der Waals surface area (Å²) in [5.74, 6) is -0.446. The van der Waals surface area contributed by atoms with Gasteiger partial charge >= 0.3 is 6.18 Å². The van der Waals surface area contributed by atoms with Gasteiger partial charge in [0.2, 0.25) is 0 Å². The van der Waals surface area contributed by atoms with Gasteiger partial charge in [-0.25, -0.2) is 9.50 Å². The Kier molecular flexibility index (Phi) is 5.29. The molecule has 4 heterocycles. The molecular formula is C19H18ClF3N4OS. The van der Waals surface area contributed by atoms with E-state index in [1.807, 2.05) is 6.92 Å². The first-order valence-corrected chi connectivity index (χ1v) is 10.6. The van der Waals surface area contributed by atoms with Gasteiger partial charge in [0.05, 0.1) is 10.6 Å². The molecule has 4 rings (SSSR count). The number of halogens is 4. The van der Waals surface area contributed by atoms with E-state index in [4.69, 9.17) is 11.6 Å². The molecule has 1 amide bonds. The molecule has 154 valence electrons. The van der Waals surface area contributed by atoms with Gasteiger partial charge in [-0.3, -0.25) is 4.79 Å². The van der Waals surface area contributed by atoms with Gasteiger partial charge in [0.25, 0.3) is 5.91 Å². The highest BCUT2D eigenvalue weighted by molar-refractivity contribution is 7.13. The van der Waals surface area contributed by atoms with Crippen LogP contribution >= 0.6 is 22.9 Å². The highest BCUT2D eigenvalue weighted by Crippen LogP contribution is 2.36. The van der Waals surface area contributed by atoms with Crippen molar-refractivity contribution < 1.29 is 18.0 Å². The largest absolute Gasteiger partial charge is 0.433 e. The number of hydrogen-bond acceptors (Lipinski definition) is 4. The lowest BCUT2D eigenvalue weighted by molar-refractivity contribution is -0.142. The van der Waals surface area contributed by atoms with Crippen molar-refractivity contribution in [1.82, 2.24) is 19.5 Å². The second kappa shape index (κ2) is 7.60. The predicted octanol–water partition coefficient (Wildman–Crippen LogP) is 5.53. The lowest BCUT2D eigenvalue weighted by Crippen LogP contribution is -2.43. The normalized spacial score (nSPS) is 17.8. The summed E-state index contributed by atoms with van der Waals surface area (Å²) in [5, 5.41) is 5.56. The van der Waals surface area contributed by atoms with Crippen molar-refractivity contribution >= 4 is 34.5 Å². The van der Waals surface area contributed by atoms with Gasteiger partial charge in [0.15, 0.2) is 17.0 Å². The molecule has 0 unspecified atom stereocenters. The van der Waals surface area contributed by atoms with Crippen LogP contribution in [-0.4, -0.2) is 38.0 Å². The molecule has 5 nitrogen and oxygen atoms in total. The number of rotatable bonds is 3. The number of piperidine rings is 1. The summed E-state index contributed by atoms with van der Waals surface area (Å²) in [6.45, 7) is 2.53. The number of likely N-dealkylation sites (tertiary alicyclic amines) is 1. The first-order chi connectivity index (χ1) is 13.8. The molecule has 0 spiro atoms. The number of alkyl halides is 3. The third-order valence-corrected chi connectivity index (χ3v) is 6.40. The van der Waals surface area contributed by atoms with Gasteiger partial charge in [-0.05, 0) is 43.2 Å². The summed E-state index contributed by atoms with van der Waals surface area (Å²) >= 11 is 7.63. The third-order valence-electron chi connectivity index (χ3n) is 5.16. The lowest BCUT2D eigenvalue weighted by atomic mass is 9.99. The van der Waals surface area contributed by atoms with Crippen molar-refractivity contribution in [2.75, 3.05) is 6.54 Å². The summed E-state index contributed by atoms with van der Waals surface area (Å²) in [5.41, 5.74) is -1.23. The average Bonchev–Trinajstić information content (AvgIpc) is 3.34. The minimum atomic E-state index is -4.68. The quantitative estimate of drug-likeness (QED) is 0.535. The zero-order valence-electron chi connectivity index (χ0n) is 15.5. The molecule has 0 saturated carbocycles. The molecule has 1 fully saturated rings. The van der Waals surface area contributed by atoms with E-state index in [1.54, 1.807) is 22.4 Å². The van der Waals surface area contributed by atoms with Crippen LogP contribution in [0.15, 0.2) is 23.6 Å². The van der Waals surface area contributed by atoms with Gasteiger partial charge in [-0.1, -0.05) is 24.6 Å². The first-order valence-electron chi connectivity index (χ1n) is 9.32. The number of amides is 1. The maximum absolute atomic E-state index is 13.7. The maximum Gasteiger partial charge on any atom is 0.433 e. The lowest BCUT2D eigenvalue weighted by Gasteiger charge is -2.34. The maximum atomic E-state index is 13.7. The minimum Gasteiger partial charge on any atom is -0.334 e. The summed E-state index contributed by atoms with van der Waals surface area (Å²) in [6.07, 6.45) is -1.18. The number of nitrogens with zero attached hydrogens (tertiary/aromatic N) is 4. The smallest absolute Gasteiger partial charge is 0.334 e. The molecule has 1 aliphatic heterocycles. The Morgan fingerprint density at radius 3 is 2.83 bits per heavy atom. The van der Waals surface area contributed by atoms with Crippen LogP contribution in [0.1, 0.15) is 48.8 Å². The molecule has 3 aromatic heterocycles. The Morgan fingerprint density at radius 2 is 2.17 bits per heavy atom. The summed E-state index contributed by atoms with van der Waals surface area (Å²) < 4.78 is 41.8. The SMILES string of the molecule is CC[C@@H]1CCCCN1C(=O)c1nn2c(C(F)(F)F)cc(-c3cccs3)nc2c1Cl. The van der Waals surface area contributed by atoms with E-state index in [0.29, 0.717) is 15.9 Å². The van der Waals surface area contributed by atoms with Crippen LogP contribution in [0.4, 0.5) is 13.2 Å². The molecule has 1 saturated heterocycles. The van der Waals surface area contributed by atoms with E-state index < -0.39 is 17.8 Å². The first kappa shape index (κ1) is 20.2. The zero-order chi connectivity index (χ0) is 20.8. The Bertz CT molecular complexity index is 1050. The Labute approximate surface area is 174 Å². The summed E-state index contributed by atoms with van der Waals surface area (Å²) in [7, 11) is 0. The van der Waals surface area contributed by atoms with Gasteiger partial charge in [-0.2, -0.15) is 18.3 Å². The number of carbonyl (C=O) groups excluding carboxylic acids is 1. The van der Waals surface area contributed by atoms with Gasteiger partial charge < -0.3 is 4.90 Å². The molecule has 1 atom stereocenters. The molecule has 29 heavy (non-hydrogen) atoms. The number of fused-ring (bicyclic) bond motifs is 1. The molecule has 0 radical (unpaired) electrons. The number of carbonyl (C=O) groups is 1. The predicted molar refractivity (Wildman–Crippen MR) is 105 cm³/mol. The van der Waals surface area contributed by atoms with Crippen molar-refractivity contribution in [2.45, 2.75) is 44.8 Å². The standard InChI is InChI=1S/C19H18ClF3N4OS/c1-2-11-6-3-4-8-26(11)18(28)16-15(20)17-24-12(13-7-5-9-29-13)10-14(19(21,22)23)27(17)25-16/h5,7,9-11H,2-4,6,8H2,1H3/t11-/m1/s1. The zero-order valence-corrected chi connectivity index (χ0v) is 17.1. The fourth-order valence-electron chi connectivity index (χ4n) is 3.71. The van der Waals surface area contributed by atoms with E-state index in [1.165, 1.54) is 11.3 Å². The Balaban J connectivity index is 1.87. The van der Waals surface area contributed by atoms with Crippen molar-refractivity contribution in [1.29, 1.82) is 0 Å². The number of hydrogen-bond donors (Lipinski definition) is 0. The van der Waals surface area contributed by atoms with Crippen molar-refractivity contribution in [2.24, 2.45) is 0 Å². The summed E-state index contributed by atoms with van der Waals surface area (Å²) in [4.78, 5) is 19.6. The van der Waals surface area contributed by atoms with E-state index in [-0.39, 0.29) is 28.1 Å². The molecule has 3 aromatic rings. The second-order valence-electron chi connectivity index (χ2n) is 6.96. The van der Waals surface area contributed by atoms with Crippen LogP contribution in [0.3, 0.4) is 0 Å². The Hall–Kier alpha value is -2.13. The van der Waals surface area contributed by atoms with E-state index in [2.05, 4.69) is 10.1 Å². The van der Waals surface area contributed by atoms with Crippen LogP contribution in [0.2, 0.25) is 5.02 Å². The van der Waals surface area contributed by atoms with Gasteiger partial charge in [-0.15, -0.1) is 11.3 Å². The molecule has 0 aliphatic carbocycles. The molecule has 0 aromatic carbocycles. The van der Waals surface area contributed by atoms with Crippen LogP contribution in [0.5, 0.6) is 0 Å². The number of thiophene rings is 1. The molecular weight excluding hydrogens is 425 g/mol. The van der Waals surface area contributed by atoms with Crippen molar-refractivity contribution in [3.63, 3.8) is 0 Å². The van der Waals surface area contributed by atoms with Crippen LogP contribution in [-0.2, 0) is 6.18 Å². The molecule has 1 aliphatic rings. The highest BCUT2D eigenvalue weighted by atomic mass is 35.5. The Morgan fingerprint density at radius 1 is 1.38 bits per heavy atom. The fraction of sp³-hybridized carbons (Fsp3) is 0.421. The molecule has 10 heteroatoms. The van der Waals surface area contributed by atoms with Gasteiger partial charge in [0.1, 0.15) is 5.02 Å². The average molecular weight is 443 g/mol. The highest BCUT2D eigenvalue weighted by Gasteiger charge is 2.38. The van der Waals surface area contributed by atoms with Crippen LogP contribution in [0, 0.1) is 0 Å². The van der Waals surface area contributed by atoms with E-state index in [0.717, 1.165) is 31.7 Å². The monoisotopic (exact) mass is 442 g/mol. The fourth-order valence-corrected chi connectivity index (χ4v) is 4.64.